The van der Waals surface area contributed by atoms with Gasteiger partial charge in [-0.1, -0.05) is 0 Å². The normalized spacial score (nSPS) is 10.5. The van der Waals surface area contributed by atoms with E-state index in [1.807, 2.05) is 0 Å². The predicted molar refractivity (Wildman–Crippen MR) is 70.7 cm³/mol. The highest BCUT2D eigenvalue weighted by Crippen LogP contribution is 2.19. The molecule has 19 heavy (non-hydrogen) atoms. The highest BCUT2D eigenvalue weighted by Gasteiger charge is 2.15. The van der Waals surface area contributed by atoms with Gasteiger partial charge in [-0.2, -0.15) is 0 Å². The van der Waals surface area contributed by atoms with Gasteiger partial charge in [-0.15, -0.1) is 0 Å². The maximum atomic E-state index is 13.5. The Labute approximate surface area is 116 Å². The van der Waals surface area contributed by atoms with Crippen LogP contribution in [0.1, 0.15) is 15.9 Å². The van der Waals surface area contributed by atoms with Crippen molar-refractivity contribution in [3.8, 4) is 0 Å². The molecule has 0 saturated carbocycles. The number of Topliss-reactive ketones (excluding diaryl/α,β-unsaturated/α-hetero) is 1. The average molecular weight is 327 g/mol. The number of pyridine rings is 1. The lowest BCUT2D eigenvalue weighted by atomic mass is 10.0. The van der Waals surface area contributed by atoms with Crippen LogP contribution in [0.2, 0.25) is 0 Å². The fourth-order valence-corrected chi connectivity index (χ4v) is 2.00. The summed E-state index contributed by atoms with van der Waals surface area (Å²) >= 11 is 3.21. The summed E-state index contributed by atoms with van der Waals surface area (Å²) in [6.45, 7) is 0. The largest absolute Gasteiger partial charge is 0.383 e. The molecule has 0 spiro atoms. The first kappa shape index (κ1) is 13.6. The van der Waals surface area contributed by atoms with Gasteiger partial charge in [-0.05, 0) is 34.1 Å². The molecule has 0 aliphatic carbocycles. The molecule has 0 aliphatic rings. The Hall–Kier alpha value is -1.82. The van der Waals surface area contributed by atoms with Gasteiger partial charge in [-0.25, -0.2) is 13.8 Å². The number of aromatic nitrogens is 1. The minimum atomic E-state index is -0.883. The van der Waals surface area contributed by atoms with Gasteiger partial charge in [0.25, 0.3) is 0 Å². The first-order valence-corrected chi connectivity index (χ1v) is 6.15. The van der Waals surface area contributed by atoms with E-state index >= 15 is 0 Å². The summed E-state index contributed by atoms with van der Waals surface area (Å²) in [5, 5.41) is 0. The molecule has 0 saturated heterocycles. The number of anilines is 1. The van der Waals surface area contributed by atoms with E-state index in [4.69, 9.17) is 5.73 Å². The minimum absolute atomic E-state index is 0.0964. The first-order valence-electron chi connectivity index (χ1n) is 5.35. The van der Waals surface area contributed by atoms with E-state index in [1.165, 1.54) is 6.20 Å². The van der Waals surface area contributed by atoms with Gasteiger partial charge >= 0.3 is 0 Å². The summed E-state index contributed by atoms with van der Waals surface area (Å²) in [4.78, 5) is 15.8. The van der Waals surface area contributed by atoms with E-state index in [9.17, 15) is 13.6 Å². The van der Waals surface area contributed by atoms with Crippen LogP contribution < -0.4 is 5.73 Å². The summed E-state index contributed by atoms with van der Waals surface area (Å²) in [5.41, 5.74) is 5.96. The molecule has 0 aliphatic heterocycles. The smallest absolute Gasteiger partial charge is 0.170 e. The third-order valence-electron chi connectivity index (χ3n) is 2.55. The second kappa shape index (κ2) is 5.44. The van der Waals surface area contributed by atoms with E-state index < -0.39 is 17.4 Å². The molecular weight excluding hydrogens is 318 g/mol. The summed E-state index contributed by atoms with van der Waals surface area (Å²) in [6.07, 6.45) is 1.41. The Balaban J connectivity index is 2.28. The van der Waals surface area contributed by atoms with Crippen molar-refractivity contribution in [2.24, 2.45) is 0 Å². The number of nitrogens with zero attached hydrogens (tertiary/aromatic N) is 1. The number of hydrogen-bond acceptors (Lipinski definition) is 3. The lowest BCUT2D eigenvalue weighted by Gasteiger charge is -2.06. The molecule has 1 aromatic carbocycles. The molecule has 0 bridgehead atoms. The Morgan fingerprint density at radius 2 is 2.05 bits per heavy atom. The van der Waals surface area contributed by atoms with Gasteiger partial charge in [-0.3, -0.25) is 4.79 Å². The lowest BCUT2D eigenvalue weighted by molar-refractivity contribution is 0.0989. The topological polar surface area (TPSA) is 56.0 Å². The van der Waals surface area contributed by atoms with Crippen LogP contribution in [0.4, 0.5) is 14.6 Å². The number of hydrogen-bond donors (Lipinski definition) is 1. The van der Waals surface area contributed by atoms with E-state index in [0.29, 0.717) is 16.1 Å². The number of halogens is 3. The molecule has 0 radical (unpaired) electrons. The van der Waals surface area contributed by atoms with Crippen LogP contribution in [0.15, 0.2) is 34.9 Å². The zero-order chi connectivity index (χ0) is 14.0. The van der Waals surface area contributed by atoms with Crippen molar-refractivity contribution in [3.05, 3.63) is 57.7 Å². The molecule has 98 valence electrons. The second-order valence-corrected chi connectivity index (χ2v) is 4.84. The van der Waals surface area contributed by atoms with Crippen molar-refractivity contribution in [3.63, 3.8) is 0 Å². The third kappa shape index (κ3) is 3.14. The Kier molecular flexibility index (Phi) is 3.90. The van der Waals surface area contributed by atoms with Crippen LogP contribution in [-0.4, -0.2) is 10.8 Å². The number of carbonyl (C=O) groups is 1. The van der Waals surface area contributed by atoms with Crippen LogP contribution in [0, 0.1) is 11.6 Å². The first-order chi connectivity index (χ1) is 8.97. The molecule has 0 unspecified atom stereocenters. The van der Waals surface area contributed by atoms with Crippen molar-refractivity contribution in [2.45, 2.75) is 6.42 Å². The summed E-state index contributed by atoms with van der Waals surface area (Å²) in [6, 6.07) is 4.48. The van der Waals surface area contributed by atoms with E-state index in [0.717, 1.165) is 12.1 Å². The number of ketones is 1. The second-order valence-electron chi connectivity index (χ2n) is 3.92. The number of nitrogen functional groups attached to an aromatic ring is 1. The Bertz CT molecular complexity index is 647. The quantitative estimate of drug-likeness (QED) is 0.881. The number of carbonyl (C=O) groups excluding carboxylic acids is 1. The number of nitrogens with two attached hydrogens (primary N) is 1. The third-order valence-corrected chi connectivity index (χ3v) is 2.98. The van der Waals surface area contributed by atoms with Crippen LogP contribution in [0.3, 0.4) is 0 Å². The zero-order valence-corrected chi connectivity index (χ0v) is 11.2. The van der Waals surface area contributed by atoms with E-state index in [1.54, 1.807) is 6.07 Å². The summed E-state index contributed by atoms with van der Waals surface area (Å²) in [7, 11) is 0. The monoisotopic (exact) mass is 326 g/mol. The van der Waals surface area contributed by atoms with Crippen LogP contribution >= 0.6 is 15.9 Å². The van der Waals surface area contributed by atoms with Crippen molar-refractivity contribution < 1.29 is 13.6 Å². The van der Waals surface area contributed by atoms with Crippen LogP contribution in [0.25, 0.3) is 0 Å². The molecule has 6 heteroatoms. The molecule has 3 nitrogen and oxygen atoms in total. The van der Waals surface area contributed by atoms with Crippen molar-refractivity contribution in [1.82, 2.24) is 4.98 Å². The number of rotatable bonds is 3. The van der Waals surface area contributed by atoms with Gasteiger partial charge in [0.05, 0.1) is 5.56 Å². The zero-order valence-electron chi connectivity index (χ0n) is 9.66. The molecule has 0 amide bonds. The molecule has 0 atom stereocenters. The van der Waals surface area contributed by atoms with E-state index in [-0.39, 0.29) is 17.8 Å². The fourth-order valence-electron chi connectivity index (χ4n) is 1.62. The van der Waals surface area contributed by atoms with Gasteiger partial charge in [0, 0.05) is 28.7 Å². The van der Waals surface area contributed by atoms with E-state index in [2.05, 4.69) is 20.9 Å². The Morgan fingerprint density at radius 1 is 1.32 bits per heavy atom. The van der Waals surface area contributed by atoms with Crippen LogP contribution in [-0.2, 0) is 6.42 Å². The average Bonchev–Trinajstić information content (AvgIpc) is 2.33. The van der Waals surface area contributed by atoms with Crippen molar-refractivity contribution >= 4 is 27.5 Å². The molecule has 2 N–H and O–H groups in total. The molecule has 1 heterocycles. The molecule has 2 aromatic rings. The predicted octanol–water partition coefficient (Wildman–Crippen LogP) is 3.13. The SMILES string of the molecule is Nc1ncc(Br)cc1CC(=O)c1ccc(F)cc1F. The van der Waals surface area contributed by atoms with Gasteiger partial charge in [0.15, 0.2) is 5.78 Å². The van der Waals surface area contributed by atoms with Crippen LogP contribution in [0.5, 0.6) is 0 Å². The van der Waals surface area contributed by atoms with Crippen molar-refractivity contribution in [1.29, 1.82) is 0 Å². The molecule has 2 rings (SSSR count). The van der Waals surface area contributed by atoms with Crippen molar-refractivity contribution in [2.75, 3.05) is 5.73 Å². The molecule has 1 aromatic heterocycles. The minimum Gasteiger partial charge on any atom is -0.383 e. The summed E-state index contributed by atoms with van der Waals surface area (Å²) < 4.78 is 26.9. The lowest BCUT2D eigenvalue weighted by Crippen LogP contribution is -2.09. The van der Waals surface area contributed by atoms with Gasteiger partial charge in [0.2, 0.25) is 0 Å². The Morgan fingerprint density at radius 3 is 2.74 bits per heavy atom. The molecule has 0 fully saturated rings. The number of benzene rings is 1. The maximum absolute atomic E-state index is 13.5. The summed E-state index contributed by atoms with van der Waals surface area (Å²) in [5.74, 6) is -1.88. The van der Waals surface area contributed by atoms with Gasteiger partial charge < -0.3 is 5.73 Å². The highest BCUT2D eigenvalue weighted by atomic mass is 79.9. The fraction of sp³-hybridized carbons (Fsp3) is 0.0769. The molecular formula is C13H9BrF2N2O. The van der Waals surface area contributed by atoms with Gasteiger partial charge in [0.1, 0.15) is 17.5 Å². The maximum Gasteiger partial charge on any atom is 0.170 e. The highest BCUT2D eigenvalue weighted by molar-refractivity contribution is 9.10. The standard InChI is InChI=1S/C13H9BrF2N2O/c14-8-3-7(13(17)18-6-8)4-12(19)10-2-1-9(15)5-11(10)16/h1-3,5-6H,4H2,(H2,17,18).